The van der Waals surface area contributed by atoms with Crippen LogP contribution >= 0.6 is 12.4 Å². The minimum atomic E-state index is -0.274. The van der Waals surface area contributed by atoms with E-state index in [0.717, 1.165) is 11.4 Å². The molecule has 1 aromatic heterocycles. The van der Waals surface area contributed by atoms with Crippen molar-refractivity contribution in [2.45, 2.75) is 19.4 Å². The van der Waals surface area contributed by atoms with Gasteiger partial charge in [-0.15, -0.1) is 12.4 Å². The SMILES string of the molecule is COC(CN)CC(=O)Nc1cccc(-c2n[nH]c(C)n2)c1.Cl. The Morgan fingerprint density at radius 1 is 1.50 bits per heavy atom. The van der Waals surface area contributed by atoms with E-state index in [1.54, 1.807) is 0 Å². The minimum absolute atomic E-state index is 0. The molecule has 0 saturated carbocycles. The van der Waals surface area contributed by atoms with E-state index in [1.165, 1.54) is 7.11 Å². The molecule has 1 amide bonds. The number of anilines is 1. The molecule has 0 fully saturated rings. The van der Waals surface area contributed by atoms with E-state index >= 15 is 0 Å². The maximum Gasteiger partial charge on any atom is 0.227 e. The maximum atomic E-state index is 11.9. The zero-order chi connectivity index (χ0) is 15.2. The summed E-state index contributed by atoms with van der Waals surface area (Å²) in [5.74, 6) is 1.20. The van der Waals surface area contributed by atoms with Crippen LogP contribution in [-0.4, -0.2) is 40.8 Å². The molecular formula is C14H20ClN5O2. The second-order valence-corrected chi connectivity index (χ2v) is 4.67. The third-order valence-corrected chi connectivity index (χ3v) is 3.01. The van der Waals surface area contributed by atoms with E-state index < -0.39 is 0 Å². The molecule has 1 unspecified atom stereocenters. The first-order chi connectivity index (χ1) is 10.1. The zero-order valence-corrected chi connectivity index (χ0v) is 13.3. The summed E-state index contributed by atoms with van der Waals surface area (Å²) >= 11 is 0. The average molecular weight is 326 g/mol. The van der Waals surface area contributed by atoms with Gasteiger partial charge in [0.2, 0.25) is 5.91 Å². The van der Waals surface area contributed by atoms with E-state index in [-0.39, 0.29) is 30.8 Å². The van der Waals surface area contributed by atoms with Crippen molar-refractivity contribution in [2.75, 3.05) is 19.0 Å². The molecule has 0 aliphatic heterocycles. The molecule has 0 spiro atoms. The number of nitrogens with two attached hydrogens (primary N) is 1. The summed E-state index contributed by atoms with van der Waals surface area (Å²) in [6.45, 7) is 2.14. The molecule has 0 aliphatic carbocycles. The number of aromatic nitrogens is 3. The number of nitrogens with one attached hydrogen (secondary N) is 2. The van der Waals surface area contributed by atoms with Crippen LogP contribution in [0.4, 0.5) is 5.69 Å². The van der Waals surface area contributed by atoms with Crippen molar-refractivity contribution in [1.82, 2.24) is 15.2 Å². The molecule has 1 heterocycles. The van der Waals surface area contributed by atoms with Crippen molar-refractivity contribution in [3.63, 3.8) is 0 Å². The molecule has 2 rings (SSSR count). The lowest BCUT2D eigenvalue weighted by molar-refractivity contribution is -0.118. The van der Waals surface area contributed by atoms with Crippen LogP contribution in [-0.2, 0) is 9.53 Å². The number of hydrogen-bond donors (Lipinski definition) is 3. The fourth-order valence-electron chi connectivity index (χ4n) is 1.89. The lowest BCUT2D eigenvalue weighted by Crippen LogP contribution is -2.28. The van der Waals surface area contributed by atoms with Crippen molar-refractivity contribution in [3.05, 3.63) is 30.1 Å². The number of carbonyl (C=O) groups excluding carboxylic acids is 1. The number of methoxy groups -OCH3 is 1. The Kier molecular flexibility index (Phi) is 6.97. The molecule has 0 aliphatic rings. The molecule has 2 aromatic rings. The number of aryl methyl sites for hydroxylation is 1. The number of aromatic amines is 1. The smallest absolute Gasteiger partial charge is 0.227 e. The van der Waals surface area contributed by atoms with Crippen molar-refractivity contribution in [1.29, 1.82) is 0 Å². The van der Waals surface area contributed by atoms with E-state index in [1.807, 2.05) is 31.2 Å². The van der Waals surface area contributed by atoms with Crippen LogP contribution in [0.25, 0.3) is 11.4 Å². The summed E-state index contributed by atoms with van der Waals surface area (Å²) in [6.07, 6.45) is -0.0550. The molecule has 1 aromatic carbocycles. The standard InChI is InChI=1S/C14H19N5O2.ClH/c1-9-16-14(19-18-9)10-4-3-5-11(6-10)17-13(20)7-12(8-15)21-2;/h3-6,12H,7-8,15H2,1-2H3,(H,17,20)(H,16,18,19);1H. The van der Waals surface area contributed by atoms with Crippen molar-refractivity contribution < 1.29 is 9.53 Å². The van der Waals surface area contributed by atoms with Gasteiger partial charge in [-0.1, -0.05) is 12.1 Å². The van der Waals surface area contributed by atoms with Crippen molar-refractivity contribution in [3.8, 4) is 11.4 Å². The Balaban J connectivity index is 0.00000242. The van der Waals surface area contributed by atoms with Gasteiger partial charge in [-0.3, -0.25) is 9.89 Å². The lowest BCUT2D eigenvalue weighted by Gasteiger charge is -2.12. The third-order valence-electron chi connectivity index (χ3n) is 3.01. The molecule has 120 valence electrons. The number of H-pyrrole nitrogens is 1. The highest BCUT2D eigenvalue weighted by Crippen LogP contribution is 2.19. The lowest BCUT2D eigenvalue weighted by atomic mass is 10.2. The van der Waals surface area contributed by atoms with Gasteiger partial charge in [-0.25, -0.2) is 4.98 Å². The normalized spacial score (nSPS) is 11.6. The molecule has 22 heavy (non-hydrogen) atoms. The van der Waals surface area contributed by atoms with Gasteiger partial charge in [0.25, 0.3) is 0 Å². The monoisotopic (exact) mass is 325 g/mol. The Hall–Kier alpha value is -1.96. The predicted octanol–water partition coefficient (Wildman–Crippen LogP) is 1.50. The van der Waals surface area contributed by atoms with Crippen LogP contribution in [0.15, 0.2) is 24.3 Å². The molecule has 1 atom stereocenters. The van der Waals surface area contributed by atoms with Crippen LogP contribution in [0.2, 0.25) is 0 Å². The quantitative estimate of drug-likeness (QED) is 0.746. The van der Waals surface area contributed by atoms with Gasteiger partial charge in [-0.2, -0.15) is 5.10 Å². The van der Waals surface area contributed by atoms with Gasteiger partial charge in [0.1, 0.15) is 5.82 Å². The fourth-order valence-corrected chi connectivity index (χ4v) is 1.89. The van der Waals surface area contributed by atoms with E-state index in [4.69, 9.17) is 10.5 Å². The summed E-state index contributed by atoms with van der Waals surface area (Å²) in [6, 6.07) is 7.36. The third kappa shape index (κ3) is 4.80. The van der Waals surface area contributed by atoms with Crippen LogP contribution in [0.3, 0.4) is 0 Å². The highest BCUT2D eigenvalue weighted by atomic mass is 35.5. The Morgan fingerprint density at radius 2 is 2.27 bits per heavy atom. The number of rotatable bonds is 6. The first-order valence-corrected chi connectivity index (χ1v) is 6.64. The Labute approximate surface area is 135 Å². The predicted molar refractivity (Wildman–Crippen MR) is 86.9 cm³/mol. The van der Waals surface area contributed by atoms with Gasteiger partial charge in [0.15, 0.2) is 5.82 Å². The summed E-state index contributed by atoms with van der Waals surface area (Å²) in [7, 11) is 1.54. The van der Waals surface area contributed by atoms with Crippen LogP contribution in [0, 0.1) is 6.92 Å². The molecular weight excluding hydrogens is 306 g/mol. The summed E-state index contributed by atoms with van der Waals surface area (Å²) in [4.78, 5) is 16.2. The number of carbonyl (C=O) groups is 1. The van der Waals surface area contributed by atoms with Gasteiger partial charge < -0.3 is 15.8 Å². The molecule has 4 N–H and O–H groups in total. The van der Waals surface area contributed by atoms with Crippen LogP contribution in [0.5, 0.6) is 0 Å². The van der Waals surface area contributed by atoms with E-state index in [0.29, 0.717) is 18.1 Å². The minimum Gasteiger partial charge on any atom is -0.380 e. The number of hydrogen-bond acceptors (Lipinski definition) is 5. The summed E-state index contributed by atoms with van der Waals surface area (Å²) < 4.78 is 5.09. The second kappa shape index (κ2) is 8.47. The van der Waals surface area contributed by atoms with Crippen LogP contribution < -0.4 is 11.1 Å². The number of nitrogens with zero attached hydrogens (tertiary/aromatic N) is 2. The maximum absolute atomic E-state index is 11.9. The summed E-state index contributed by atoms with van der Waals surface area (Å²) in [5, 5.41) is 9.70. The van der Waals surface area contributed by atoms with Gasteiger partial charge in [-0.05, 0) is 19.1 Å². The average Bonchev–Trinajstić information content (AvgIpc) is 2.91. The van der Waals surface area contributed by atoms with E-state index in [9.17, 15) is 4.79 Å². The number of amides is 1. The van der Waals surface area contributed by atoms with Gasteiger partial charge in [0.05, 0.1) is 12.5 Å². The topological polar surface area (TPSA) is 106 Å². The molecule has 0 radical (unpaired) electrons. The summed E-state index contributed by atoms with van der Waals surface area (Å²) in [5.41, 5.74) is 7.02. The number of benzene rings is 1. The largest absolute Gasteiger partial charge is 0.380 e. The molecule has 0 saturated heterocycles. The number of ether oxygens (including phenoxy) is 1. The fraction of sp³-hybridized carbons (Fsp3) is 0.357. The first kappa shape index (κ1) is 18.1. The van der Waals surface area contributed by atoms with Crippen molar-refractivity contribution >= 4 is 24.0 Å². The molecule has 0 bridgehead atoms. The zero-order valence-electron chi connectivity index (χ0n) is 12.5. The van der Waals surface area contributed by atoms with Gasteiger partial charge in [0, 0.05) is 24.9 Å². The molecule has 8 heteroatoms. The highest BCUT2D eigenvalue weighted by molar-refractivity contribution is 5.91. The molecule has 7 nitrogen and oxygen atoms in total. The van der Waals surface area contributed by atoms with Gasteiger partial charge >= 0.3 is 0 Å². The van der Waals surface area contributed by atoms with Crippen LogP contribution in [0.1, 0.15) is 12.2 Å². The first-order valence-electron chi connectivity index (χ1n) is 6.64. The van der Waals surface area contributed by atoms with Crippen molar-refractivity contribution in [2.24, 2.45) is 5.73 Å². The van der Waals surface area contributed by atoms with E-state index in [2.05, 4.69) is 20.5 Å². The Bertz CT molecular complexity index is 613. The second-order valence-electron chi connectivity index (χ2n) is 4.67. The number of halogens is 1. The Morgan fingerprint density at radius 3 is 2.86 bits per heavy atom. The highest BCUT2D eigenvalue weighted by Gasteiger charge is 2.12.